The zero-order valence-electron chi connectivity index (χ0n) is 18.2. The van der Waals surface area contributed by atoms with Gasteiger partial charge in [0.1, 0.15) is 10.8 Å². The van der Waals surface area contributed by atoms with Gasteiger partial charge in [-0.2, -0.15) is 4.98 Å². The molecule has 1 aliphatic rings. The Kier molecular flexibility index (Phi) is 7.21. The van der Waals surface area contributed by atoms with Crippen LogP contribution < -0.4 is 10.6 Å². The number of nitrogens with zero attached hydrogens (tertiary/aromatic N) is 3. The van der Waals surface area contributed by atoms with Crippen LogP contribution >= 0.6 is 11.6 Å². The molecule has 174 valence electrons. The van der Waals surface area contributed by atoms with E-state index in [-0.39, 0.29) is 38.9 Å². The molecule has 6 nitrogen and oxygen atoms in total. The van der Waals surface area contributed by atoms with E-state index in [1.807, 2.05) is 6.92 Å². The van der Waals surface area contributed by atoms with E-state index in [9.17, 15) is 12.5 Å². The van der Waals surface area contributed by atoms with Crippen LogP contribution in [-0.2, 0) is 11.2 Å². The number of hydrogen-bond donors (Lipinski definition) is 2. The third-order valence-electron chi connectivity index (χ3n) is 5.82. The van der Waals surface area contributed by atoms with Crippen LogP contribution in [0, 0.1) is 12.7 Å². The fraction of sp³-hybridized carbons (Fsp3) is 0.304. The minimum Gasteiger partial charge on any atom is -0.338 e. The third-order valence-corrected chi connectivity index (χ3v) is 6.80. The van der Waals surface area contributed by atoms with Crippen molar-refractivity contribution in [2.75, 3.05) is 30.8 Å². The van der Waals surface area contributed by atoms with Crippen molar-refractivity contribution >= 4 is 45.9 Å². The Labute approximate surface area is 199 Å². The molecule has 0 amide bonds. The fourth-order valence-corrected chi connectivity index (χ4v) is 4.64. The van der Waals surface area contributed by atoms with Crippen LogP contribution in [0.25, 0.3) is 0 Å². The lowest BCUT2D eigenvalue weighted by Gasteiger charge is -2.30. The van der Waals surface area contributed by atoms with E-state index in [4.69, 9.17) is 11.6 Å². The highest BCUT2D eigenvalue weighted by molar-refractivity contribution is 7.80. The topological polar surface area (TPSA) is 70.1 Å². The molecule has 33 heavy (non-hydrogen) atoms. The maximum atomic E-state index is 15.0. The van der Waals surface area contributed by atoms with Crippen LogP contribution in [0.4, 0.5) is 31.4 Å². The van der Waals surface area contributed by atoms with Gasteiger partial charge in [0.25, 0.3) is 0 Å². The van der Waals surface area contributed by atoms with Crippen LogP contribution in [0.3, 0.4) is 0 Å². The highest BCUT2D eigenvalue weighted by Crippen LogP contribution is 2.34. The highest BCUT2D eigenvalue weighted by Gasteiger charge is 2.22. The molecule has 1 unspecified atom stereocenters. The summed E-state index contributed by atoms with van der Waals surface area (Å²) in [6.45, 7) is 3.97. The first-order valence-corrected chi connectivity index (χ1v) is 12.0. The molecule has 1 saturated heterocycles. The van der Waals surface area contributed by atoms with Gasteiger partial charge in [0, 0.05) is 0 Å². The first-order chi connectivity index (χ1) is 15.8. The number of benzene rings is 2. The van der Waals surface area contributed by atoms with E-state index in [0.29, 0.717) is 5.92 Å². The van der Waals surface area contributed by atoms with Gasteiger partial charge in [-0.25, -0.2) is 13.6 Å². The molecule has 2 heterocycles. The van der Waals surface area contributed by atoms with Gasteiger partial charge in [0.2, 0.25) is 17.1 Å². The summed E-state index contributed by atoms with van der Waals surface area (Å²) in [4.78, 5) is 10.7. The van der Waals surface area contributed by atoms with Crippen LogP contribution in [-0.4, -0.2) is 39.2 Å². The van der Waals surface area contributed by atoms with Gasteiger partial charge in [0.05, 0.1) is 22.5 Å². The predicted molar refractivity (Wildman–Crippen MR) is 128 cm³/mol. The number of nitrogens with one attached hydrogen (secondary N) is 2. The Hall–Kier alpha value is -2.62. The lowest BCUT2D eigenvalue weighted by atomic mass is 9.86. The van der Waals surface area contributed by atoms with Crippen molar-refractivity contribution in [2.24, 2.45) is 0 Å². The second-order valence-electron chi connectivity index (χ2n) is 8.13. The second kappa shape index (κ2) is 10.1. The maximum Gasteiger partial charge on any atom is 0.233 e. The molecule has 0 saturated carbocycles. The lowest BCUT2D eigenvalue weighted by Crippen LogP contribution is -2.29. The molecular formula is C23H24ClF2N5OS. The average Bonchev–Trinajstić information content (AvgIpc) is 2.79. The number of likely N-dealkylation sites (tertiary alicyclic amines) is 1. The van der Waals surface area contributed by atoms with E-state index in [1.165, 1.54) is 12.3 Å². The van der Waals surface area contributed by atoms with Crippen LogP contribution in [0.5, 0.6) is 0 Å². The number of aromatic nitrogens is 2. The van der Waals surface area contributed by atoms with E-state index in [2.05, 4.69) is 32.5 Å². The van der Waals surface area contributed by atoms with Crippen LogP contribution in [0.2, 0.25) is 5.02 Å². The van der Waals surface area contributed by atoms with Gasteiger partial charge in [0.15, 0.2) is 5.82 Å². The van der Waals surface area contributed by atoms with E-state index in [1.54, 1.807) is 30.3 Å². The Morgan fingerprint density at radius 3 is 2.61 bits per heavy atom. The molecule has 2 N–H and O–H groups in total. The molecule has 0 spiro atoms. The molecule has 0 bridgehead atoms. The summed E-state index contributed by atoms with van der Waals surface area (Å²) in [6, 6.07) is 9.55. The molecule has 0 radical (unpaired) electrons. The number of halogens is 3. The van der Waals surface area contributed by atoms with Crippen molar-refractivity contribution in [3.8, 4) is 0 Å². The number of para-hydroxylation sites is 1. The SMILES string of the molecule is Cc1cc(Nc2ncc(Cl)c(Nc3ccccc3S(=O)F)n2)c(F)cc1C1CCN(C)CC1. The van der Waals surface area contributed by atoms with Gasteiger partial charge in [-0.15, -0.1) is 3.89 Å². The molecule has 1 aliphatic heterocycles. The lowest BCUT2D eigenvalue weighted by molar-refractivity contribution is 0.255. The minimum absolute atomic E-state index is 0.0344. The van der Waals surface area contributed by atoms with Crippen LogP contribution in [0.15, 0.2) is 47.5 Å². The third kappa shape index (κ3) is 5.48. The molecule has 4 rings (SSSR count). The Morgan fingerprint density at radius 2 is 1.88 bits per heavy atom. The largest absolute Gasteiger partial charge is 0.338 e. The fourth-order valence-electron chi connectivity index (χ4n) is 4.02. The van der Waals surface area contributed by atoms with Crippen molar-refractivity contribution in [1.82, 2.24) is 14.9 Å². The summed E-state index contributed by atoms with van der Waals surface area (Å²) < 4.78 is 39.8. The molecule has 2 aromatic carbocycles. The summed E-state index contributed by atoms with van der Waals surface area (Å²) in [5.74, 6) is 0.243. The maximum absolute atomic E-state index is 15.0. The monoisotopic (exact) mass is 491 g/mol. The van der Waals surface area contributed by atoms with E-state index < -0.39 is 11.2 Å². The normalized spacial score (nSPS) is 15.9. The quantitative estimate of drug-likeness (QED) is 0.420. The summed E-state index contributed by atoms with van der Waals surface area (Å²) >= 11 is 3.51. The molecule has 10 heteroatoms. The highest BCUT2D eigenvalue weighted by atomic mass is 35.5. The zero-order valence-corrected chi connectivity index (χ0v) is 19.8. The van der Waals surface area contributed by atoms with Crippen molar-refractivity contribution in [3.63, 3.8) is 0 Å². The van der Waals surface area contributed by atoms with Crippen LogP contribution in [0.1, 0.15) is 29.9 Å². The van der Waals surface area contributed by atoms with Gasteiger partial charge in [-0.1, -0.05) is 23.7 Å². The second-order valence-corrected chi connectivity index (χ2v) is 9.42. The Morgan fingerprint density at radius 1 is 1.15 bits per heavy atom. The molecule has 3 aromatic rings. The van der Waals surface area contributed by atoms with Gasteiger partial charge in [-0.3, -0.25) is 0 Å². The Balaban J connectivity index is 1.56. The molecule has 1 atom stereocenters. The van der Waals surface area contributed by atoms with Crippen molar-refractivity contribution in [1.29, 1.82) is 0 Å². The summed E-state index contributed by atoms with van der Waals surface area (Å²) in [6.07, 6.45) is 3.36. The first-order valence-electron chi connectivity index (χ1n) is 10.5. The van der Waals surface area contributed by atoms with Gasteiger partial charge < -0.3 is 15.5 Å². The average molecular weight is 492 g/mol. The molecule has 1 aromatic heterocycles. The number of piperidine rings is 1. The van der Waals surface area contributed by atoms with E-state index in [0.717, 1.165) is 37.1 Å². The number of aryl methyl sites for hydroxylation is 1. The minimum atomic E-state index is -2.69. The van der Waals surface area contributed by atoms with Crippen molar-refractivity contribution < 1.29 is 12.5 Å². The zero-order chi connectivity index (χ0) is 23.5. The number of anilines is 4. The van der Waals surface area contributed by atoms with Crippen molar-refractivity contribution in [2.45, 2.75) is 30.6 Å². The molecular weight excluding hydrogens is 468 g/mol. The summed E-state index contributed by atoms with van der Waals surface area (Å²) in [5, 5.41) is 5.95. The van der Waals surface area contributed by atoms with Gasteiger partial charge in [-0.05, 0) is 81.2 Å². The number of rotatable bonds is 6. The predicted octanol–water partition coefficient (Wildman–Crippen LogP) is 5.87. The number of hydrogen-bond acceptors (Lipinski definition) is 6. The molecule has 1 fully saturated rings. The smallest absolute Gasteiger partial charge is 0.233 e. The summed E-state index contributed by atoms with van der Waals surface area (Å²) in [5.41, 5.74) is 2.54. The molecule has 0 aliphatic carbocycles. The Bertz CT molecular complexity index is 1190. The summed E-state index contributed by atoms with van der Waals surface area (Å²) in [7, 11) is 2.10. The van der Waals surface area contributed by atoms with Crippen molar-refractivity contribution in [3.05, 3.63) is 64.6 Å². The standard InChI is InChI=1S/C23H24ClF2N5OS/c1-14-11-20(18(25)12-16(14)15-7-9-31(2)10-8-15)29-23-27-13-17(24)22(30-23)28-19-5-3-4-6-21(19)33(26)32/h3-6,11-13,15H,7-10H2,1-2H3,(H2,27,28,29,30). The van der Waals surface area contributed by atoms with Gasteiger partial charge >= 0.3 is 0 Å². The van der Waals surface area contributed by atoms with E-state index >= 15 is 0 Å². The first kappa shape index (κ1) is 23.5.